The number of para-hydroxylation sites is 1. The van der Waals surface area contributed by atoms with Gasteiger partial charge in [-0.2, -0.15) is 0 Å². The third-order valence-electron chi connectivity index (χ3n) is 1.43. The summed E-state index contributed by atoms with van der Waals surface area (Å²) in [7, 11) is 0. The lowest BCUT2D eigenvalue weighted by Gasteiger charge is -2.04. The van der Waals surface area contributed by atoms with Crippen LogP contribution in [0, 0.1) is 0 Å². The van der Waals surface area contributed by atoms with Gasteiger partial charge in [0.1, 0.15) is 5.75 Å². The number of nitrogens with one attached hydrogen (secondary N) is 1. The smallest absolute Gasteiger partial charge is 0.423 e. The molecule has 6 heteroatoms. The first-order chi connectivity index (χ1) is 7.72. The van der Waals surface area contributed by atoms with E-state index in [2.05, 4.69) is 9.46 Å². The van der Waals surface area contributed by atoms with E-state index in [9.17, 15) is 9.59 Å². The van der Waals surface area contributed by atoms with Gasteiger partial charge in [0.2, 0.25) is 0 Å². The highest BCUT2D eigenvalue weighted by atomic mass is 32.2. The summed E-state index contributed by atoms with van der Waals surface area (Å²) in [5.41, 5.74) is 0. The van der Waals surface area contributed by atoms with Gasteiger partial charge in [-0.05, 0) is 19.1 Å². The number of hydrogen-bond donors (Lipinski definition) is 1. The van der Waals surface area contributed by atoms with E-state index in [4.69, 9.17) is 4.74 Å². The molecule has 0 fully saturated rings. The maximum Gasteiger partial charge on any atom is 0.423 e. The Morgan fingerprint density at radius 1 is 1.31 bits per heavy atom. The number of carbonyl (C=O) groups is 2. The summed E-state index contributed by atoms with van der Waals surface area (Å²) in [5, 5.41) is -0.576. The summed E-state index contributed by atoms with van der Waals surface area (Å²) in [6, 6.07) is 8.55. The third kappa shape index (κ3) is 4.70. The van der Waals surface area contributed by atoms with Gasteiger partial charge in [-0.15, -0.1) is 0 Å². The molecule has 0 aromatic heterocycles. The number of benzene rings is 1. The lowest BCUT2D eigenvalue weighted by Crippen LogP contribution is -2.22. The molecule has 5 nitrogen and oxygen atoms in total. The lowest BCUT2D eigenvalue weighted by molar-refractivity contribution is 0.180. The Morgan fingerprint density at radius 3 is 2.62 bits per heavy atom. The molecule has 0 aliphatic rings. The van der Waals surface area contributed by atoms with Crippen molar-refractivity contribution < 1.29 is 19.1 Å². The first-order valence-corrected chi connectivity index (χ1v) is 5.40. The molecule has 16 heavy (non-hydrogen) atoms. The van der Waals surface area contributed by atoms with Gasteiger partial charge in [-0.3, -0.25) is 4.72 Å². The van der Waals surface area contributed by atoms with Crippen LogP contribution >= 0.6 is 11.9 Å². The van der Waals surface area contributed by atoms with Crippen LogP contribution < -0.4 is 9.46 Å². The predicted molar refractivity (Wildman–Crippen MR) is 60.2 cm³/mol. The van der Waals surface area contributed by atoms with Crippen LogP contribution in [-0.2, 0) is 4.74 Å². The van der Waals surface area contributed by atoms with Crippen molar-refractivity contribution in [2.24, 2.45) is 0 Å². The van der Waals surface area contributed by atoms with E-state index in [0.717, 1.165) is 0 Å². The van der Waals surface area contributed by atoms with Gasteiger partial charge in [0, 0.05) is 0 Å². The molecular weight excluding hydrogens is 230 g/mol. The van der Waals surface area contributed by atoms with E-state index in [-0.39, 0.29) is 6.61 Å². The molecule has 1 rings (SSSR count). The summed E-state index contributed by atoms with van der Waals surface area (Å²) in [5.74, 6) is 0.407. The minimum atomic E-state index is -0.718. The fourth-order valence-electron chi connectivity index (χ4n) is 0.847. The van der Waals surface area contributed by atoms with Gasteiger partial charge >= 0.3 is 11.4 Å². The Bertz CT molecular complexity index is 355. The minimum absolute atomic E-state index is 0.265. The molecule has 0 bridgehead atoms. The predicted octanol–water partition coefficient (Wildman–Crippen LogP) is 2.58. The largest absolute Gasteiger partial charge is 0.457 e. The van der Waals surface area contributed by atoms with Crippen LogP contribution in [0.1, 0.15) is 6.92 Å². The topological polar surface area (TPSA) is 64.6 Å². The van der Waals surface area contributed by atoms with Gasteiger partial charge in [0.25, 0.3) is 0 Å². The Hall–Kier alpha value is -1.69. The van der Waals surface area contributed by atoms with E-state index in [1.807, 2.05) is 0 Å². The van der Waals surface area contributed by atoms with Crippen molar-refractivity contribution in [1.82, 2.24) is 4.72 Å². The molecule has 0 unspecified atom stereocenters. The van der Waals surface area contributed by atoms with Crippen LogP contribution in [0.4, 0.5) is 9.59 Å². The average molecular weight is 241 g/mol. The Labute approximate surface area is 97.2 Å². The van der Waals surface area contributed by atoms with Crippen molar-refractivity contribution in [2.75, 3.05) is 6.61 Å². The second-order valence-electron chi connectivity index (χ2n) is 2.59. The van der Waals surface area contributed by atoms with Crippen molar-refractivity contribution in [3.05, 3.63) is 30.3 Å². The molecule has 0 aliphatic heterocycles. The second kappa shape index (κ2) is 6.73. The second-order valence-corrected chi connectivity index (χ2v) is 3.33. The van der Waals surface area contributed by atoms with Gasteiger partial charge in [0.05, 0.1) is 18.6 Å². The highest BCUT2D eigenvalue weighted by molar-refractivity contribution is 8.12. The fourth-order valence-corrected chi connectivity index (χ4v) is 1.23. The molecule has 1 aromatic rings. The van der Waals surface area contributed by atoms with Crippen LogP contribution in [0.15, 0.2) is 30.3 Å². The van der Waals surface area contributed by atoms with E-state index in [1.165, 1.54) is 0 Å². The standard InChI is InChI=1S/C10H11NO4S/c1-2-14-10(13)16-11-9(12)15-8-6-4-3-5-7-8/h3-7H,2H2,1H3,(H,11,12). The zero-order valence-electron chi connectivity index (χ0n) is 8.64. The van der Waals surface area contributed by atoms with E-state index < -0.39 is 11.4 Å². The van der Waals surface area contributed by atoms with Crippen LogP contribution in [0.5, 0.6) is 5.75 Å². The Morgan fingerprint density at radius 2 is 2.00 bits per heavy atom. The van der Waals surface area contributed by atoms with Gasteiger partial charge in [-0.1, -0.05) is 18.2 Å². The first-order valence-electron chi connectivity index (χ1n) is 4.59. The van der Waals surface area contributed by atoms with Crippen molar-refractivity contribution in [3.8, 4) is 5.75 Å². The molecule has 0 spiro atoms. The maximum absolute atomic E-state index is 11.2. The number of hydrogen-bond acceptors (Lipinski definition) is 5. The fraction of sp³-hybridized carbons (Fsp3) is 0.200. The van der Waals surface area contributed by atoms with Crippen molar-refractivity contribution in [1.29, 1.82) is 0 Å². The van der Waals surface area contributed by atoms with E-state index in [1.54, 1.807) is 37.3 Å². The monoisotopic (exact) mass is 241 g/mol. The number of rotatable bonds is 2. The molecule has 0 atom stereocenters. The molecular formula is C10H11NO4S. The summed E-state index contributed by atoms with van der Waals surface area (Å²) >= 11 is 0.543. The summed E-state index contributed by atoms with van der Waals surface area (Å²) < 4.78 is 11.7. The molecule has 1 aromatic carbocycles. The Kier molecular flexibility index (Phi) is 5.21. The van der Waals surface area contributed by atoms with Crippen LogP contribution in [0.2, 0.25) is 0 Å². The zero-order valence-corrected chi connectivity index (χ0v) is 9.45. The quantitative estimate of drug-likeness (QED) is 0.636. The van der Waals surface area contributed by atoms with Crippen molar-refractivity contribution in [2.45, 2.75) is 6.92 Å². The summed E-state index contributed by atoms with van der Waals surface area (Å²) in [4.78, 5) is 22.0. The van der Waals surface area contributed by atoms with Gasteiger partial charge in [0.15, 0.2) is 0 Å². The van der Waals surface area contributed by atoms with Gasteiger partial charge in [-0.25, -0.2) is 9.59 Å². The molecule has 0 saturated heterocycles. The SMILES string of the molecule is CCOC(=O)SNC(=O)Oc1ccccc1. The summed E-state index contributed by atoms with van der Waals surface area (Å²) in [6.45, 7) is 1.95. The maximum atomic E-state index is 11.2. The number of ether oxygens (including phenoxy) is 2. The molecule has 86 valence electrons. The third-order valence-corrected chi connectivity index (χ3v) is 1.99. The van der Waals surface area contributed by atoms with Crippen molar-refractivity contribution in [3.63, 3.8) is 0 Å². The zero-order chi connectivity index (χ0) is 11.8. The highest BCUT2D eigenvalue weighted by Gasteiger charge is 2.08. The lowest BCUT2D eigenvalue weighted by atomic mass is 10.3. The first kappa shape index (κ1) is 12.4. The van der Waals surface area contributed by atoms with Crippen molar-refractivity contribution >= 4 is 23.3 Å². The van der Waals surface area contributed by atoms with Gasteiger partial charge < -0.3 is 9.47 Å². The van der Waals surface area contributed by atoms with E-state index >= 15 is 0 Å². The van der Waals surface area contributed by atoms with Crippen LogP contribution in [0.25, 0.3) is 0 Å². The number of amides is 1. The minimum Gasteiger partial charge on any atom is -0.457 e. The molecule has 0 radical (unpaired) electrons. The molecule has 0 heterocycles. The molecule has 1 N–H and O–H groups in total. The normalized spacial score (nSPS) is 9.31. The molecule has 1 amide bonds. The summed E-state index contributed by atoms with van der Waals surface area (Å²) in [6.07, 6.45) is -0.718. The van der Waals surface area contributed by atoms with E-state index in [0.29, 0.717) is 17.7 Å². The van der Waals surface area contributed by atoms with Crippen LogP contribution in [0.3, 0.4) is 0 Å². The molecule has 0 saturated carbocycles. The Balaban J connectivity index is 2.29. The highest BCUT2D eigenvalue weighted by Crippen LogP contribution is 2.09. The molecule has 0 aliphatic carbocycles. The number of carbonyl (C=O) groups excluding carboxylic acids is 2. The van der Waals surface area contributed by atoms with Crippen LogP contribution in [-0.4, -0.2) is 18.0 Å². The average Bonchev–Trinajstić information content (AvgIpc) is 2.28.